The molecule has 0 saturated carbocycles. The van der Waals surface area contributed by atoms with Crippen LogP contribution in [0.1, 0.15) is 18.1 Å². The molecule has 3 rings (SSSR count). The molecule has 6 nitrogen and oxygen atoms in total. The maximum atomic E-state index is 11.1. The number of para-hydroxylation sites is 1. The van der Waals surface area contributed by atoms with Gasteiger partial charge in [-0.15, -0.1) is 0 Å². The molecule has 0 spiro atoms. The summed E-state index contributed by atoms with van der Waals surface area (Å²) in [5, 5.41) is 9.09. The van der Waals surface area contributed by atoms with Crippen LogP contribution in [0.5, 0.6) is 23.0 Å². The molecule has 0 aliphatic heterocycles. The van der Waals surface area contributed by atoms with Crippen molar-refractivity contribution in [2.45, 2.75) is 32.5 Å². The number of carboxylic acids is 1. The van der Waals surface area contributed by atoms with E-state index in [4.69, 9.17) is 24.1 Å². The van der Waals surface area contributed by atoms with Crippen LogP contribution in [0.15, 0.2) is 72.8 Å². The second-order valence-corrected chi connectivity index (χ2v) is 7.49. The number of hydrogen-bond acceptors (Lipinski definition) is 5. The molecule has 0 fully saturated rings. The number of benzene rings is 3. The molecule has 0 saturated heterocycles. The highest BCUT2D eigenvalue weighted by atomic mass is 16.5. The summed E-state index contributed by atoms with van der Waals surface area (Å²) in [6.07, 6.45) is -0.735. The van der Waals surface area contributed by atoms with Crippen LogP contribution >= 0.6 is 0 Å². The summed E-state index contributed by atoms with van der Waals surface area (Å²) < 4.78 is 22.7. The fourth-order valence-electron chi connectivity index (χ4n) is 3.14. The summed E-state index contributed by atoms with van der Waals surface area (Å²) in [5.41, 5.74) is 1.84. The van der Waals surface area contributed by atoms with Gasteiger partial charge < -0.3 is 24.1 Å². The molecule has 6 heteroatoms. The lowest BCUT2D eigenvalue weighted by molar-refractivity contribution is -0.148. The van der Waals surface area contributed by atoms with E-state index in [1.165, 1.54) is 7.11 Å². The van der Waals surface area contributed by atoms with Crippen LogP contribution < -0.4 is 14.2 Å². The molecule has 0 bridgehead atoms. The van der Waals surface area contributed by atoms with Crippen LogP contribution in [-0.2, 0) is 16.0 Å². The lowest BCUT2D eigenvalue weighted by atomic mass is 10.1. The number of hydrogen-bond donors (Lipinski definition) is 1. The minimum absolute atomic E-state index is 0.175. The smallest absolute Gasteiger partial charge is 0.333 e. The minimum Gasteiger partial charge on any atom is -0.489 e. The van der Waals surface area contributed by atoms with E-state index in [0.717, 1.165) is 28.4 Å². The Morgan fingerprint density at radius 2 is 1.62 bits per heavy atom. The zero-order valence-electron chi connectivity index (χ0n) is 18.5. The second kappa shape index (κ2) is 11.2. The van der Waals surface area contributed by atoms with Gasteiger partial charge in [0, 0.05) is 13.5 Å². The molecule has 0 radical (unpaired) electrons. The van der Waals surface area contributed by atoms with Gasteiger partial charge in [-0.2, -0.15) is 0 Å². The molecule has 0 aromatic heterocycles. The maximum absolute atomic E-state index is 11.1. The fraction of sp³-hybridized carbons (Fsp3) is 0.269. The van der Waals surface area contributed by atoms with Gasteiger partial charge in [0.2, 0.25) is 0 Å². The Morgan fingerprint density at radius 3 is 2.25 bits per heavy atom. The number of carbonyl (C=O) groups is 1. The number of methoxy groups -OCH3 is 1. The molecule has 0 heterocycles. The van der Waals surface area contributed by atoms with Gasteiger partial charge in [-0.25, -0.2) is 4.79 Å². The van der Waals surface area contributed by atoms with E-state index in [2.05, 4.69) is 0 Å². The molecule has 32 heavy (non-hydrogen) atoms. The van der Waals surface area contributed by atoms with E-state index in [9.17, 15) is 4.79 Å². The van der Waals surface area contributed by atoms with E-state index in [1.54, 1.807) is 0 Å². The molecule has 0 unspecified atom stereocenters. The Morgan fingerprint density at radius 1 is 0.938 bits per heavy atom. The van der Waals surface area contributed by atoms with Crippen LogP contribution in [0.3, 0.4) is 0 Å². The largest absolute Gasteiger partial charge is 0.489 e. The number of ether oxygens (including phenoxy) is 4. The van der Waals surface area contributed by atoms with Crippen molar-refractivity contribution >= 4 is 5.97 Å². The van der Waals surface area contributed by atoms with E-state index in [-0.39, 0.29) is 6.10 Å². The zero-order chi connectivity index (χ0) is 22.9. The molecule has 0 aliphatic rings. The van der Waals surface area contributed by atoms with Crippen LogP contribution in [0, 0.1) is 6.92 Å². The summed E-state index contributed by atoms with van der Waals surface area (Å²) >= 11 is 0. The minimum atomic E-state index is -0.978. The van der Waals surface area contributed by atoms with Crippen molar-refractivity contribution < 1.29 is 28.8 Å². The second-order valence-electron chi connectivity index (χ2n) is 7.49. The molecule has 0 amide bonds. The van der Waals surface area contributed by atoms with Crippen molar-refractivity contribution in [3.8, 4) is 23.0 Å². The standard InChI is InChI=1S/C26H28O6/c1-18-15-23(32-21-7-5-4-6-8-21)13-14-24(18)30-17-19(2)31-22-11-9-20(10-12-22)16-25(29-3)26(27)28/h4-15,19,25H,16-17H2,1-3H3,(H,27,28)/t19-,25-/m0/s1. The zero-order valence-corrected chi connectivity index (χ0v) is 18.5. The van der Waals surface area contributed by atoms with E-state index < -0.39 is 12.1 Å². The number of aliphatic carboxylic acids is 1. The lowest BCUT2D eigenvalue weighted by Gasteiger charge is -2.17. The molecular formula is C26H28O6. The average molecular weight is 437 g/mol. The van der Waals surface area contributed by atoms with Gasteiger partial charge >= 0.3 is 5.97 Å². The molecule has 2 atom stereocenters. The van der Waals surface area contributed by atoms with Gasteiger partial charge in [0.05, 0.1) is 0 Å². The topological polar surface area (TPSA) is 74.2 Å². The highest BCUT2D eigenvalue weighted by Gasteiger charge is 2.17. The third kappa shape index (κ3) is 6.75. The Bertz CT molecular complexity index is 1000. The summed E-state index contributed by atoms with van der Waals surface area (Å²) in [7, 11) is 1.39. The molecule has 3 aromatic carbocycles. The van der Waals surface area contributed by atoms with E-state index in [1.807, 2.05) is 86.6 Å². The van der Waals surface area contributed by atoms with Gasteiger partial charge in [-0.1, -0.05) is 30.3 Å². The maximum Gasteiger partial charge on any atom is 0.333 e. The highest BCUT2D eigenvalue weighted by Crippen LogP contribution is 2.27. The quantitative estimate of drug-likeness (QED) is 0.441. The number of aryl methyl sites for hydroxylation is 1. The summed E-state index contributed by atoms with van der Waals surface area (Å²) in [4.78, 5) is 11.1. The first-order valence-electron chi connectivity index (χ1n) is 10.4. The summed E-state index contributed by atoms with van der Waals surface area (Å²) in [6.45, 7) is 4.29. The predicted octanol–water partition coefficient (Wildman–Crippen LogP) is 5.28. The normalized spacial score (nSPS) is 12.6. The molecule has 168 valence electrons. The lowest BCUT2D eigenvalue weighted by Crippen LogP contribution is -2.24. The Kier molecular flexibility index (Phi) is 8.11. The fourth-order valence-corrected chi connectivity index (χ4v) is 3.14. The van der Waals surface area contributed by atoms with Gasteiger partial charge in [-0.3, -0.25) is 0 Å². The number of carboxylic acid groups (broad SMARTS) is 1. The van der Waals surface area contributed by atoms with Crippen LogP contribution in [0.2, 0.25) is 0 Å². The van der Waals surface area contributed by atoms with Gasteiger partial charge in [0.15, 0.2) is 6.10 Å². The average Bonchev–Trinajstić information content (AvgIpc) is 2.78. The molecule has 0 aliphatic carbocycles. The first kappa shape index (κ1) is 23.2. The Labute approximate surface area is 188 Å². The first-order chi connectivity index (χ1) is 15.4. The van der Waals surface area contributed by atoms with Crippen LogP contribution in [0.25, 0.3) is 0 Å². The Balaban J connectivity index is 1.50. The van der Waals surface area contributed by atoms with Crippen LogP contribution in [0.4, 0.5) is 0 Å². The van der Waals surface area contributed by atoms with Crippen molar-refractivity contribution in [1.82, 2.24) is 0 Å². The van der Waals surface area contributed by atoms with Crippen molar-refractivity contribution in [3.63, 3.8) is 0 Å². The monoisotopic (exact) mass is 436 g/mol. The predicted molar refractivity (Wildman–Crippen MR) is 122 cm³/mol. The molecular weight excluding hydrogens is 408 g/mol. The van der Waals surface area contributed by atoms with E-state index >= 15 is 0 Å². The summed E-state index contributed by atoms with van der Waals surface area (Å²) in [6, 6.07) is 22.7. The molecule has 1 N–H and O–H groups in total. The highest BCUT2D eigenvalue weighted by molar-refractivity contribution is 5.72. The van der Waals surface area contributed by atoms with Crippen molar-refractivity contribution in [2.24, 2.45) is 0 Å². The van der Waals surface area contributed by atoms with E-state index in [0.29, 0.717) is 18.8 Å². The third-order valence-corrected chi connectivity index (χ3v) is 4.84. The van der Waals surface area contributed by atoms with Crippen molar-refractivity contribution in [2.75, 3.05) is 13.7 Å². The van der Waals surface area contributed by atoms with Crippen molar-refractivity contribution in [3.05, 3.63) is 83.9 Å². The van der Waals surface area contributed by atoms with Crippen LogP contribution in [-0.4, -0.2) is 37.0 Å². The molecule has 3 aromatic rings. The first-order valence-corrected chi connectivity index (χ1v) is 10.4. The van der Waals surface area contributed by atoms with Crippen molar-refractivity contribution in [1.29, 1.82) is 0 Å². The number of rotatable bonds is 11. The third-order valence-electron chi connectivity index (χ3n) is 4.84. The van der Waals surface area contributed by atoms with Gasteiger partial charge in [-0.05, 0) is 67.4 Å². The summed E-state index contributed by atoms with van der Waals surface area (Å²) in [5.74, 6) is 2.03. The van der Waals surface area contributed by atoms with Gasteiger partial charge in [0.25, 0.3) is 0 Å². The Hall–Kier alpha value is -3.51. The van der Waals surface area contributed by atoms with Gasteiger partial charge in [0.1, 0.15) is 35.7 Å². The SMILES string of the molecule is CO[C@@H](Cc1ccc(O[C@@H](C)COc2ccc(Oc3ccccc3)cc2C)cc1)C(=O)O.